The van der Waals surface area contributed by atoms with Crippen LogP contribution in [0.5, 0.6) is 46.0 Å². The molecule has 666 valence electrons. The summed E-state index contributed by atoms with van der Waals surface area (Å²) in [6.07, 6.45) is 16.5. The summed E-state index contributed by atoms with van der Waals surface area (Å²) in [6, 6.07) is 3.56. The van der Waals surface area contributed by atoms with Gasteiger partial charge in [-0.3, -0.25) is 47.7 Å². The van der Waals surface area contributed by atoms with Gasteiger partial charge in [0.2, 0.25) is 46.0 Å². The van der Waals surface area contributed by atoms with Crippen LogP contribution in [-0.4, -0.2) is 195 Å². The van der Waals surface area contributed by atoms with E-state index in [2.05, 4.69) is 120 Å². The molecule has 16 heterocycles. The number of hydrogen-bond acceptors (Lipinski definition) is 36. The molecule has 0 saturated heterocycles. The Balaban J connectivity index is 0.000000164. The number of imidazole rings is 2. The highest BCUT2D eigenvalue weighted by molar-refractivity contribution is 7.18. The molecule has 0 fully saturated rings. The summed E-state index contributed by atoms with van der Waals surface area (Å²) < 4.78 is 52.0. The van der Waals surface area contributed by atoms with E-state index in [1.165, 1.54) is 103 Å². The van der Waals surface area contributed by atoms with Crippen LogP contribution in [0.1, 0.15) is 56.3 Å². The Hall–Kier alpha value is -15.3. The summed E-state index contributed by atoms with van der Waals surface area (Å²) in [6.45, 7) is 17.4. The van der Waals surface area contributed by atoms with Crippen LogP contribution in [0.2, 0.25) is 4.34 Å². The standard InChI is InChI=1S/4C10H12N4O2.C10H11N3O3.C10H11N3O2S.C9H8ClN3O2S.C9H9N3O2S/c1-6-8(16-3)10(15)13-9(12-6)7-4-14(2)5-11-7;1-6-8(16-3)10(15)13-9(12-6)7-4-11-5-14(7)2;1-6-8(16-3)10(15)12-9(11-6)7-4-5-14(2)13-7;1-6-8(16-3)10(15)13-9(12-6)7-4-5-11-14(7)2;1-5-8(15-3)10(14)13-9(11-5)7-4-16-6(2)12-7;1-5-4-11-10(16-5)8-12-6(2)7(15-3)9(14)13-8;1-4-6(15-2)8(14)13-7(12-4)9-11-3-5(10)16-9;1-5-6(14-2)8(13)12-7(11-5)9-10-3-4-15-9/h2*4-5H,1-3H3,(H,12,13,15);4-5H,1-3H3,(H,11,12,15);4-5H,1-3H3,(H,12,13,15);4H,1-3H3,(H,11,13,14);4H,1-3H3,(H,12,13,14);3H,1-2H3,(H,12,13,14);3-4H,1-2H3,(H,11,12,13). The van der Waals surface area contributed by atoms with Gasteiger partial charge in [-0.05, 0) is 74.4 Å². The van der Waals surface area contributed by atoms with Crippen molar-refractivity contribution in [2.45, 2.75) is 69.2 Å². The van der Waals surface area contributed by atoms with Crippen molar-refractivity contribution in [2.24, 2.45) is 28.2 Å². The molecular weight excluding hydrogens is 1730 g/mol. The van der Waals surface area contributed by atoms with Crippen molar-refractivity contribution in [2.75, 3.05) is 56.9 Å². The second-order valence-corrected chi connectivity index (χ2v) is 29.9. The molecule has 0 aliphatic rings. The Bertz CT molecular complexity index is 6300. The van der Waals surface area contributed by atoms with Crippen molar-refractivity contribution in [1.82, 2.24) is 138 Å². The smallest absolute Gasteiger partial charge is 0.293 e. The minimum Gasteiger partial charge on any atom is -0.490 e. The number of aromatic amines is 8. The molecule has 127 heavy (non-hydrogen) atoms. The minimum absolute atomic E-state index is 0.212. The Kier molecular flexibility index (Phi) is 32.8. The Morgan fingerprint density at radius 2 is 0.748 bits per heavy atom. The van der Waals surface area contributed by atoms with E-state index < -0.39 is 0 Å². The van der Waals surface area contributed by atoms with E-state index in [9.17, 15) is 38.4 Å². The molecule has 0 aliphatic heterocycles. The van der Waals surface area contributed by atoms with Crippen LogP contribution in [0, 0.1) is 69.2 Å². The maximum absolute atomic E-state index is 11.6. The number of aromatic nitrogens is 28. The largest absolute Gasteiger partial charge is 0.490 e. The first-order chi connectivity index (χ1) is 60.5. The molecule has 49 heteroatoms. The van der Waals surface area contributed by atoms with E-state index in [0.29, 0.717) is 134 Å². The van der Waals surface area contributed by atoms with Crippen LogP contribution in [0.4, 0.5) is 0 Å². The lowest BCUT2D eigenvalue weighted by Gasteiger charge is -2.05. The van der Waals surface area contributed by atoms with Crippen molar-refractivity contribution < 1.29 is 42.3 Å². The number of thiazole rings is 3. The van der Waals surface area contributed by atoms with Crippen molar-refractivity contribution in [3.05, 3.63) is 223 Å². The number of aryl methyl sites for hydroxylation is 14. The third-order valence-electron chi connectivity index (χ3n) is 17.0. The quantitative estimate of drug-likeness (QED) is 0.0461. The van der Waals surface area contributed by atoms with Gasteiger partial charge in [0.25, 0.3) is 44.5 Å². The number of ether oxygens (including phenoxy) is 8. The Labute approximate surface area is 735 Å². The summed E-state index contributed by atoms with van der Waals surface area (Å²) >= 11 is 9.92. The maximum Gasteiger partial charge on any atom is 0.293 e. The maximum atomic E-state index is 11.6. The average molecular weight is 1820 g/mol. The number of oxazole rings is 1. The van der Waals surface area contributed by atoms with E-state index in [1.807, 2.05) is 26.4 Å². The van der Waals surface area contributed by atoms with Crippen molar-refractivity contribution >= 4 is 45.6 Å². The number of rotatable bonds is 16. The lowest BCUT2D eigenvalue weighted by atomic mass is 10.3. The number of halogens is 1. The zero-order valence-corrected chi connectivity index (χ0v) is 75.7. The van der Waals surface area contributed by atoms with Crippen LogP contribution < -0.4 is 82.4 Å². The molecule has 16 aromatic heterocycles. The molecular formula is C78H87ClN28O17S3. The number of hydrogen-bond donors (Lipinski definition) is 8. The molecule has 0 radical (unpaired) electrons. The van der Waals surface area contributed by atoms with Crippen molar-refractivity contribution in [1.29, 1.82) is 0 Å². The molecule has 0 aromatic carbocycles. The highest BCUT2D eigenvalue weighted by Crippen LogP contribution is 2.28. The minimum atomic E-state index is -0.328. The predicted octanol–water partition coefficient (Wildman–Crippen LogP) is 7.59. The number of H-pyrrole nitrogens is 8. The number of nitrogens with one attached hydrogen (secondary N) is 8. The number of nitrogens with zero attached hydrogens (tertiary/aromatic N) is 20. The topological polar surface area (TPSA) is 576 Å². The predicted molar refractivity (Wildman–Crippen MR) is 471 cm³/mol. The van der Waals surface area contributed by atoms with Gasteiger partial charge in [0.1, 0.15) is 39.1 Å². The van der Waals surface area contributed by atoms with Crippen molar-refractivity contribution in [3.8, 4) is 136 Å². The number of methoxy groups -OCH3 is 8. The van der Waals surface area contributed by atoms with Gasteiger partial charge in [0.15, 0.2) is 67.5 Å². The van der Waals surface area contributed by atoms with Gasteiger partial charge in [-0.2, -0.15) is 10.2 Å². The molecule has 8 N–H and O–H groups in total. The van der Waals surface area contributed by atoms with Gasteiger partial charge in [-0.25, -0.2) is 69.8 Å². The van der Waals surface area contributed by atoms with E-state index in [0.717, 1.165) is 16.3 Å². The molecule has 16 rings (SSSR count). The van der Waals surface area contributed by atoms with Gasteiger partial charge >= 0.3 is 0 Å². The molecule has 0 aliphatic carbocycles. The summed E-state index contributed by atoms with van der Waals surface area (Å²) in [5, 5.41) is 12.0. The lowest BCUT2D eigenvalue weighted by Crippen LogP contribution is -2.14. The van der Waals surface area contributed by atoms with Gasteiger partial charge in [0, 0.05) is 76.4 Å². The zero-order chi connectivity index (χ0) is 92.8. The molecule has 0 spiro atoms. The first kappa shape index (κ1) is 95.5. The molecule has 0 bridgehead atoms. The normalized spacial score (nSPS) is 10.4. The summed E-state index contributed by atoms with van der Waals surface area (Å²) in [5.41, 5.74) is 5.26. The second kappa shape index (κ2) is 43.6. The summed E-state index contributed by atoms with van der Waals surface area (Å²) in [4.78, 5) is 173. The van der Waals surface area contributed by atoms with E-state index in [4.69, 9.17) is 53.9 Å². The molecule has 0 amide bonds. The van der Waals surface area contributed by atoms with Crippen LogP contribution in [0.3, 0.4) is 0 Å². The Morgan fingerprint density at radius 3 is 1.06 bits per heavy atom. The third kappa shape index (κ3) is 24.1. The SMILES string of the molecule is COc1c(C)nc(-c2ccn(C)n2)[nH]c1=O.COc1c(C)nc(-c2ccnn2C)[nH]c1=O.COc1c(C)nc(-c2cn(C)cn2)[nH]c1=O.COc1c(C)nc(-c2cncn2C)[nH]c1=O.COc1c(C)nc(-c2coc(C)n2)[nH]c1=O.COc1c(C)nc(-c2ncc(C)s2)[nH]c1=O.COc1c(C)nc(-c2ncc(Cl)s2)[nH]c1=O.COc1c(C)nc(-c2nccs2)[nH]c1=O. The highest BCUT2D eigenvalue weighted by Gasteiger charge is 2.20. The first-order valence-corrected chi connectivity index (χ1v) is 39.9. The fraction of sp³-hybridized carbons (Fsp3) is 0.282. The van der Waals surface area contributed by atoms with Crippen molar-refractivity contribution in [3.63, 3.8) is 0 Å². The van der Waals surface area contributed by atoms with Crippen LogP contribution in [-0.2, 0) is 28.2 Å². The molecule has 16 aromatic rings. The van der Waals surface area contributed by atoms with Gasteiger partial charge < -0.3 is 91.3 Å². The summed E-state index contributed by atoms with van der Waals surface area (Å²) in [7, 11) is 18.8. The molecule has 45 nitrogen and oxygen atoms in total. The first-order valence-electron chi connectivity index (χ1n) is 37.1. The molecule has 0 atom stereocenters. The van der Waals surface area contributed by atoms with Gasteiger partial charge in [0.05, 0.1) is 127 Å². The molecule has 0 saturated carbocycles. The van der Waals surface area contributed by atoms with E-state index in [1.54, 1.807) is 157 Å². The van der Waals surface area contributed by atoms with Crippen LogP contribution >= 0.6 is 45.6 Å². The Morgan fingerprint density at radius 1 is 0.378 bits per heavy atom. The monoisotopic (exact) mass is 1820 g/mol. The second-order valence-electron chi connectivity index (χ2n) is 26.1. The van der Waals surface area contributed by atoms with Crippen LogP contribution in [0.25, 0.3) is 90.1 Å². The fourth-order valence-corrected chi connectivity index (χ4v) is 13.5. The summed E-state index contributed by atoms with van der Waals surface area (Å²) in [5.74, 6) is 6.01. The zero-order valence-electron chi connectivity index (χ0n) is 72.5. The highest BCUT2D eigenvalue weighted by atomic mass is 35.5. The fourth-order valence-electron chi connectivity index (χ4n) is 11.3. The van der Waals surface area contributed by atoms with Gasteiger partial charge in [-0.1, -0.05) is 22.9 Å². The lowest BCUT2D eigenvalue weighted by molar-refractivity contribution is 0.402. The van der Waals surface area contributed by atoms with E-state index >= 15 is 0 Å². The van der Waals surface area contributed by atoms with Crippen LogP contribution in [0.15, 0.2) is 123 Å². The van der Waals surface area contributed by atoms with E-state index in [-0.39, 0.29) is 90.5 Å². The average Bonchev–Trinajstić information content (AvgIpc) is 1.73. The molecule has 0 unspecified atom stereocenters. The third-order valence-corrected chi connectivity index (χ3v) is 19.9. The van der Waals surface area contributed by atoms with Gasteiger partial charge in [-0.15, -0.1) is 22.7 Å².